The summed E-state index contributed by atoms with van der Waals surface area (Å²) in [7, 11) is -1.67. The molecule has 7 heteroatoms. The van der Waals surface area contributed by atoms with Gasteiger partial charge in [-0.15, -0.1) is 0 Å². The standard InChI is InChI=1S/C15H19N2O4P/c1-4-20-22(19,21-5-2)11-10-13-15(18)17(3)14-9-7-6-8-12(14)16-13/h6-11H,4-5H2,1-3H3/b11-10+. The quantitative estimate of drug-likeness (QED) is 0.764. The van der Waals surface area contributed by atoms with Gasteiger partial charge in [0.05, 0.1) is 24.2 Å². The summed E-state index contributed by atoms with van der Waals surface area (Å²) in [4.78, 5) is 16.6. The highest BCUT2D eigenvalue weighted by Gasteiger charge is 2.19. The third-order valence-electron chi connectivity index (χ3n) is 3.04. The Balaban J connectivity index is 2.47. The lowest BCUT2D eigenvalue weighted by Gasteiger charge is -2.12. The predicted octanol–water partition coefficient (Wildman–Crippen LogP) is 3.17. The van der Waals surface area contributed by atoms with Gasteiger partial charge < -0.3 is 13.6 Å². The van der Waals surface area contributed by atoms with Gasteiger partial charge >= 0.3 is 7.60 Å². The van der Waals surface area contributed by atoms with Crippen molar-refractivity contribution in [3.63, 3.8) is 0 Å². The Kier molecular flexibility index (Phi) is 5.29. The molecular formula is C15H19N2O4P. The van der Waals surface area contributed by atoms with Crippen LogP contribution < -0.4 is 5.56 Å². The van der Waals surface area contributed by atoms with E-state index in [0.29, 0.717) is 5.52 Å². The topological polar surface area (TPSA) is 70.4 Å². The fourth-order valence-corrected chi connectivity index (χ4v) is 3.35. The van der Waals surface area contributed by atoms with Crippen molar-refractivity contribution in [3.8, 4) is 0 Å². The first kappa shape index (κ1) is 16.6. The summed E-state index contributed by atoms with van der Waals surface area (Å²) in [6.07, 6.45) is 1.40. The Bertz CT molecular complexity index is 788. The van der Waals surface area contributed by atoms with Gasteiger partial charge in [-0.3, -0.25) is 9.36 Å². The van der Waals surface area contributed by atoms with Crippen LogP contribution in [0.25, 0.3) is 17.1 Å². The molecule has 0 fully saturated rings. The van der Waals surface area contributed by atoms with Crippen LogP contribution in [-0.4, -0.2) is 22.8 Å². The number of para-hydroxylation sites is 2. The van der Waals surface area contributed by atoms with Crippen molar-refractivity contribution >= 4 is 24.7 Å². The van der Waals surface area contributed by atoms with E-state index in [9.17, 15) is 9.36 Å². The van der Waals surface area contributed by atoms with Crippen molar-refractivity contribution in [1.29, 1.82) is 0 Å². The minimum Gasteiger partial charge on any atom is -0.308 e. The molecule has 2 aromatic rings. The largest absolute Gasteiger partial charge is 0.354 e. The molecule has 0 saturated heterocycles. The number of nitrogens with zero attached hydrogens (tertiary/aromatic N) is 2. The van der Waals surface area contributed by atoms with E-state index in [4.69, 9.17) is 9.05 Å². The molecule has 0 amide bonds. The van der Waals surface area contributed by atoms with Crippen molar-refractivity contribution < 1.29 is 13.6 Å². The molecule has 0 bridgehead atoms. The van der Waals surface area contributed by atoms with Gasteiger partial charge in [0, 0.05) is 12.9 Å². The van der Waals surface area contributed by atoms with Crippen molar-refractivity contribution in [2.45, 2.75) is 13.8 Å². The highest BCUT2D eigenvalue weighted by molar-refractivity contribution is 7.57. The number of aromatic nitrogens is 2. The van der Waals surface area contributed by atoms with Crippen LogP contribution in [-0.2, 0) is 20.7 Å². The third-order valence-corrected chi connectivity index (χ3v) is 4.79. The Hall–Kier alpha value is -1.75. The van der Waals surface area contributed by atoms with E-state index >= 15 is 0 Å². The Morgan fingerprint density at radius 1 is 1.23 bits per heavy atom. The highest BCUT2D eigenvalue weighted by Crippen LogP contribution is 2.49. The molecule has 0 aliphatic carbocycles. The molecule has 0 aliphatic rings. The lowest BCUT2D eigenvalue weighted by atomic mass is 10.3. The summed E-state index contributed by atoms with van der Waals surface area (Å²) in [6, 6.07) is 7.33. The van der Waals surface area contributed by atoms with Gasteiger partial charge in [-0.25, -0.2) is 4.98 Å². The summed E-state index contributed by atoms with van der Waals surface area (Å²) < 4.78 is 24.2. The Morgan fingerprint density at radius 2 is 1.86 bits per heavy atom. The molecule has 0 N–H and O–H groups in total. The molecule has 1 aromatic carbocycles. The maximum Gasteiger partial charge on any atom is 0.354 e. The van der Waals surface area contributed by atoms with Crippen LogP contribution in [0.4, 0.5) is 0 Å². The lowest BCUT2D eigenvalue weighted by molar-refractivity contribution is 0.229. The fraction of sp³-hybridized carbons (Fsp3) is 0.333. The van der Waals surface area contributed by atoms with Crippen molar-refractivity contribution in [2.75, 3.05) is 13.2 Å². The van der Waals surface area contributed by atoms with Gasteiger partial charge in [0.2, 0.25) is 0 Å². The zero-order valence-corrected chi connectivity index (χ0v) is 13.7. The number of benzene rings is 1. The molecule has 6 nitrogen and oxygen atoms in total. The first-order chi connectivity index (χ1) is 10.5. The summed E-state index contributed by atoms with van der Waals surface area (Å²) in [5.41, 5.74) is 1.35. The lowest BCUT2D eigenvalue weighted by Crippen LogP contribution is -2.21. The zero-order chi connectivity index (χ0) is 16.2. The third kappa shape index (κ3) is 3.53. The highest BCUT2D eigenvalue weighted by atomic mass is 31.2. The zero-order valence-electron chi connectivity index (χ0n) is 12.9. The van der Waals surface area contributed by atoms with Crippen LogP contribution in [0, 0.1) is 0 Å². The molecule has 0 spiro atoms. The normalized spacial score (nSPS) is 12.3. The Labute approximate surface area is 128 Å². The van der Waals surface area contributed by atoms with E-state index in [-0.39, 0.29) is 24.5 Å². The molecule has 0 radical (unpaired) electrons. The van der Waals surface area contributed by atoms with Crippen LogP contribution >= 0.6 is 7.60 Å². The van der Waals surface area contributed by atoms with Crippen molar-refractivity contribution in [3.05, 3.63) is 46.1 Å². The molecule has 0 aliphatic heterocycles. The van der Waals surface area contributed by atoms with E-state index in [1.807, 2.05) is 24.3 Å². The molecule has 0 unspecified atom stereocenters. The molecule has 0 saturated carbocycles. The van der Waals surface area contributed by atoms with Crippen molar-refractivity contribution in [1.82, 2.24) is 9.55 Å². The van der Waals surface area contributed by atoms with E-state index in [2.05, 4.69) is 4.98 Å². The molecule has 1 heterocycles. The second-order valence-electron chi connectivity index (χ2n) is 4.54. The first-order valence-electron chi connectivity index (χ1n) is 7.04. The fourth-order valence-electron chi connectivity index (χ4n) is 2.05. The van der Waals surface area contributed by atoms with Crippen LogP contribution in [0.3, 0.4) is 0 Å². The van der Waals surface area contributed by atoms with E-state index < -0.39 is 7.60 Å². The van der Waals surface area contributed by atoms with Crippen LogP contribution in [0.2, 0.25) is 0 Å². The van der Waals surface area contributed by atoms with Gasteiger partial charge in [0.25, 0.3) is 5.56 Å². The number of rotatable bonds is 6. The van der Waals surface area contributed by atoms with Gasteiger partial charge in [-0.05, 0) is 32.1 Å². The average molecular weight is 322 g/mol. The minimum absolute atomic E-state index is 0.195. The van der Waals surface area contributed by atoms with Crippen LogP contribution in [0.1, 0.15) is 19.5 Å². The summed E-state index contributed by atoms with van der Waals surface area (Å²) in [5, 5.41) is 0. The summed E-state index contributed by atoms with van der Waals surface area (Å²) in [5.74, 6) is 1.29. The van der Waals surface area contributed by atoms with E-state index in [0.717, 1.165) is 5.52 Å². The smallest absolute Gasteiger partial charge is 0.308 e. The predicted molar refractivity (Wildman–Crippen MR) is 86.9 cm³/mol. The molecule has 0 atom stereocenters. The second-order valence-corrected chi connectivity index (χ2v) is 6.44. The number of fused-ring (bicyclic) bond motifs is 1. The maximum absolute atomic E-state index is 12.4. The number of hydrogen-bond donors (Lipinski definition) is 0. The van der Waals surface area contributed by atoms with Crippen LogP contribution in [0.5, 0.6) is 0 Å². The molecule has 1 aromatic heterocycles. The van der Waals surface area contributed by atoms with Gasteiger partial charge in [0.1, 0.15) is 5.69 Å². The van der Waals surface area contributed by atoms with Crippen LogP contribution in [0.15, 0.2) is 34.9 Å². The average Bonchev–Trinajstić information content (AvgIpc) is 2.50. The number of hydrogen-bond acceptors (Lipinski definition) is 5. The summed E-state index contributed by atoms with van der Waals surface area (Å²) in [6.45, 7) is 3.97. The van der Waals surface area contributed by atoms with Crippen molar-refractivity contribution in [2.24, 2.45) is 7.05 Å². The molecule has 22 heavy (non-hydrogen) atoms. The second kappa shape index (κ2) is 7.01. The van der Waals surface area contributed by atoms with E-state index in [1.165, 1.54) is 16.5 Å². The van der Waals surface area contributed by atoms with Gasteiger partial charge in [-0.2, -0.15) is 0 Å². The Morgan fingerprint density at radius 3 is 2.50 bits per heavy atom. The molecule has 118 valence electrons. The molecular weight excluding hydrogens is 303 g/mol. The molecule has 2 rings (SSSR count). The minimum atomic E-state index is -3.35. The maximum atomic E-state index is 12.4. The van der Waals surface area contributed by atoms with E-state index in [1.54, 1.807) is 20.9 Å². The van der Waals surface area contributed by atoms with Gasteiger partial charge in [0.15, 0.2) is 0 Å². The first-order valence-corrected chi connectivity index (χ1v) is 8.65. The SMILES string of the molecule is CCOP(=O)(/C=C/c1nc2ccccc2n(C)c1=O)OCC. The summed E-state index contributed by atoms with van der Waals surface area (Å²) >= 11 is 0. The van der Waals surface area contributed by atoms with Gasteiger partial charge in [-0.1, -0.05) is 12.1 Å². The number of aryl methyl sites for hydroxylation is 1. The monoisotopic (exact) mass is 322 g/mol.